The van der Waals surface area contributed by atoms with Crippen molar-refractivity contribution in [1.82, 2.24) is 4.98 Å². The van der Waals surface area contributed by atoms with Gasteiger partial charge in [-0.25, -0.2) is 0 Å². The molecule has 0 amide bonds. The standard InChI is InChI=1S/C16H11NO/c18-14-7-3-6-13-16(14)15-11(9-17-13)8-10-4-1-2-5-12(10)15/h1-6,9H,7-8H2. The van der Waals surface area contributed by atoms with Crippen LogP contribution in [-0.2, 0) is 6.42 Å². The van der Waals surface area contributed by atoms with Crippen LogP contribution in [0.5, 0.6) is 0 Å². The Morgan fingerprint density at radius 3 is 2.89 bits per heavy atom. The second-order valence-electron chi connectivity index (χ2n) is 4.78. The van der Waals surface area contributed by atoms with Crippen molar-refractivity contribution in [3.63, 3.8) is 0 Å². The van der Waals surface area contributed by atoms with Crippen LogP contribution in [0.4, 0.5) is 0 Å². The minimum atomic E-state index is 0.188. The van der Waals surface area contributed by atoms with Gasteiger partial charge in [-0.3, -0.25) is 9.78 Å². The van der Waals surface area contributed by atoms with Crippen LogP contribution >= 0.6 is 0 Å². The van der Waals surface area contributed by atoms with Gasteiger partial charge in [0.2, 0.25) is 0 Å². The van der Waals surface area contributed by atoms with E-state index in [0.717, 1.165) is 23.2 Å². The zero-order chi connectivity index (χ0) is 12.1. The Morgan fingerprint density at radius 2 is 1.94 bits per heavy atom. The first-order valence-corrected chi connectivity index (χ1v) is 6.14. The first kappa shape index (κ1) is 9.77. The van der Waals surface area contributed by atoms with Gasteiger partial charge in [0.05, 0.1) is 11.3 Å². The molecule has 1 aromatic carbocycles. The second-order valence-corrected chi connectivity index (χ2v) is 4.78. The molecule has 0 saturated carbocycles. The highest BCUT2D eigenvalue weighted by Crippen LogP contribution is 2.40. The molecule has 0 saturated heterocycles. The van der Waals surface area contributed by atoms with Gasteiger partial charge < -0.3 is 0 Å². The Morgan fingerprint density at radius 1 is 1.06 bits per heavy atom. The molecule has 2 aromatic rings. The first-order valence-electron chi connectivity index (χ1n) is 6.14. The van der Waals surface area contributed by atoms with Crippen molar-refractivity contribution in [1.29, 1.82) is 0 Å². The van der Waals surface area contributed by atoms with Gasteiger partial charge in [0.25, 0.3) is 0 Å². The summed E-state index contributed by atoms with van der Waals surface area (Å²) < 4.78 is 0. The molecule has 0 atom stereocenters. The van der Waals surface area contributed by atoms with Crippen LogP contribution in [0.15, 0.2) is 36.5 Å². The fourth-order valence-corrected chi connectivity index (χ4v) is 2.92. The average Bonchev–Trinajstić information content (AvgIpc) is 2.77. The molecule has 0 unspecified atom stereocenters. The Kier molecular flexibility index (Phi) is 1.84. The summed E-state index contributed by atoms with van der Waals surface area (Å²) in [4.78, 5) is 16.6. The highest BCUT2D eigenvalue weighted by molar-refractivity contribution is 6.09. The number of aromatic nitrogens is 1. The average molecular weight is 233 g/mol. The molecule has 2 aliphatic carbocycles. The lowest BCUT2D eigenvalue weighted by Gasteiger charge is -2.13. The number of carbonyl (C=O) groups excluding carboxylic acids is 1. The molecule has 0 bridgehead atoms. The lowest BCUT2D eigenvalue weighted by Crippen LogP contribution is -2.08. The van der Waals surface area contributed by atoms with E-state index in [4.69, 9.17) is 0 Å². The van der Waals surface area contributed by atoms with Crippen molar-refractivity contribution < 1.29 is 4.79 Å². The first-order chi connectivity index (χ1) is 8.84. The molecular weight excluding hydrogens is 222 g/mol. The number of pyridine rings is 1. The minimum absolute atomic E-state index is 0.188. The van der Waals surface area contributed by atoms with Gasteiger partial charge in [-0.1, -0.05) is 30.3 Å². The molecule has 18 heavy (non-hydrogen) atoms. The predicted molar refractivity (Wildman–Crippen MR) is 70.5 cm³/mol. The molecule has 1 aromatic heterocycles. The summed E-state index contributed by atoms with van der Waals surface area (Å²) in [5, 5.41) is 0. The van der Waals surface area contributed by atoms with E-state index < -0.39 is 0 Å². The van der Waals surface area contributed by atoms with E-state index in [9.17, 15) is 4.79 Å². The molecule has 2 heteroatoms. The summed E-state index contributed by atoms with van der Waals surface area (Å²) in [5.74, 6) is 0.188. The van der Waals surface area contributed by atoms with Crippen LogP contribution in [0.1, 0.15) is 33.6 Å². The Labute approximate surface area is 105 Å². The van der Waals surface area contributed by atoms with Gasteiger partial charge in [0.1, 0.15) is 0 Å². The number of carbonyl (C=O) groups is 1. The molecule has 2 nitrogen and oxygen atoms in total. The van der Waals surface area contributed by atoms with Crippen LogP contribution in [-0.4, -0.2) is 10.8 Å². The third-order valence-electron chi connectivity index (χ3n) is 3.71. The Balaban J connectivity index is 2.10. The molecule has 0 fully saturated rings. The van der Waals surface area contributed by atoms with Crippen molar-refractivity contribution in [2.75, 3.05) is 0 Å². The topological polar surface area (TPSA) is 30.0 Å². The van der Waals surface area contributed by atoms with E-state index in [1.807, 2.05) is 30.5 Å². The van der Waals surface area contributed by atoms with Crippen molar-refractivity contribution >= 4 is 11.9 Å². The fraction of sp³-hybridized carbons (Fsp3) is 0.125. The van der Waals surface area contributed by atoms with E-state index in [1.54, 1.807) is 0 Å². The van der Waals surface area contributed by atoms with E-state index in [1.165, 1.54) is 16.7 Å². The smallest absolute Gasteiger partial charge is 0.169 e. The van der Waals surface area contributed by atoms with Crippen molar-refractivity contribution in [2.45, 2.75) is 12.8 Å². The number of hydrogen-bond donors (Lipinski definition) is 0. The number of ketones is 1. The number of allylic oxidation sites excluding steroid dienone is 1. The van der Waals surface area contributed by atoms with E-state index in [0.29, 0.717) is 6.42 Å². The Hall–Kier alpha value is -2.22. The summed E-state index contributed by atoms with van der Waals surface area (Å²) in [6, 6.07) is 8.31. The van der Waals surface area contributed by atoms with Crippen LogP contribution in [0, 0.1) is 0 Å². The number of hydrogen-bond acceptors (Lipinski definition) is 2. The molecular formula is C16H11NO. The SMILES string of the molecule is O=C1CC=Cc2ncc3c(c21)-c1ccccc1C3. The van der Waals surface area contributed by atoms with Crippen LogP contribution in [0.25, 0.3) is 17.2 Å². The lowest BCUT2D eigenvalue weighted by atomic mass is 9.92. The molecule has 0 N–H and O–H groups in total. The molecule has 0 radical (unpaired) electrons. The van der Waals surface area contributed by atoms with Crippen LogP contribution < -0.4 is 0 Å². The van der Waals surface area contributed by atoms with Gasteiger partial charge in [0.15, 0.2) is 5.78 Å². The summed E-state index contributed by atoms with van der Waals surface area (Å²) in [5.41, 5.74) is 6.44. The number of nitrogens with zero attached hydrogens (tertiary/aromatic N) is 1. The van der Waals surface area contributed by atoms with E-state index >= 15 is 0 Å². The quantitative estimate of drug-likeness (QED) is 0.596. The summed E-state index contributed by atoms with van der Waals surface area (Å²) in [7, 11) is 0. The summed E-state index contributed by atoms with van der Waals surface area (Å²) in [6.45, 7) is 0. The molecule has 1 heterocycles. The Bertz CT molecular complexity index is 713. The van der Waals surface area contributed by atoms with Crippen LogP contribution in [0.3, 0.4) is 0 Å². The largest absolute Gasteiger partial charge is 0.294 e. The van der Waals surface area contributed by atoms with Gasteiger partial charge in [-0.2, -0.15) is 0 Å². The minimum Gasteiger partial charge on any atom is -0.294 e. The third-order valence-corrected chi connectivity index (χ3v) is 3.71. The second kappa shape index (κ2) is 3.39. The summed E-state index contributed by atoms with van der Waals surface area (Å²) >= 11 is 0. The van der Waals surface area contributed by atoms with Crippen molar-refractivity contribution in [2.24, 2.45) is 0 Å². The molecule has 0 aliphatic heterocycles. The maximum Gasteiger partial charge on any atom is 0.169 e. The van der Waals surface area contributed by atoms with Crippen LogP contribution in [0.2, 0.25) is 0 Å². The van der Waals surface area contributed by atoms with Gasteiger partial charge in [0, 0.05) is 19.0 Å². The predicted octanol–water partition coefficient (Wildman–Crippen LogP) is 3.25. The number of fused-ring (bicyclic) bond motifs is 5. The number of Topliss-reactive ketones (excluding diaryl/α,β-unsaturated/α-hetero) is 1. The summed E-state index contributed by atoms with van der Waals surface area (Å²) in [6.07, 6.45) is 7.15. The number of benzene rings is 1. The van der Waals surface area contributed by atoms with Gasteiger partial charge >= 0.3 is 0 Å². The molecule has 0 spiro atoms. The zero-order valence-electron chi connectivity index (χ0n) is 9.81. The molecule has 86 valence electrons. The monoisotopic (exact) mass is 233 g/mol. The molecule has 2 aliphatic rings. The fourth-order valence-electron chi connectivity index (χ4n) is 2.92. The van der Waals surface area contributed by atoms with Gasteiger partial charge in [-0.05, 0) is 28.3 Å². The normalized spacial score (nSPS) is 15.2. The van der Waals surface area contributed by atoms with E-state index in [2.05, 4.69) is 17.1 Å². The van der Waals surface area contributed by atoms with Crippen molar-refractivity contribution in [3.05, 3.63) is 58.9 Å². The maximum atomic E-state index is 12.2. The molecule has 4 rings (SSSR count). The lowest BCUT2D eigenvalue weighted by molar-refractivity contribution is 0.0994. The highest BCUT2D eigenvalue weighted by Gasteiger charge is 2.27. The highest BCUT2D eigenvalue weighted by atomic mass is 16.1. The zero-order valence-corrected chi connectivity index (χ0v) is 9.81. The van der Waals surface area contributed by atoms with E-state index in [-0.39, 0.29) is 5.78 Å². The van der Waals surface area contributed by atoms with Gasteiger partial charge in [-0.15, -0.1) is 0 Å². The number of rotatable bonds is 0. The van der Waals surface area contributed by atoms with Crippen molar-refractivity contribution in [3.8, 4) is 11.1 Å². The third kappa shape index (κ3) is 1.17. The maximum absolute atomic E-state index is 12.2.